The molecule has 2 heterocycles. The summed E-state index contributed by atoms with van der Waals surface area (Å²) >= 11 is 3.23. The average Bonchev–Trinajstić information content (AvgIpc) is 3.46. The number of carbonyl (C=O) groups excluding carboxylic acids is 1. The van der Waals surface area contributed by atoms with Crippen LogP contribution >= 0.6 is 23.1 Å². The molecule has 42 heavy (non-hydrogen) atoms. The highest BCUT2D eigenvalue weighted by Crippen LogP contribution is 2.40. The van der Waals surface area contributed by atoms with E-state index in [1.807, 2.05) is 67.6 Å². The van der Waals surface area contributed by atoms with Crippen molar-refractivity contribution < 1.29 is 24.1 Å². The minimum absolute atomic E-state index is 0.00606. The van der Waals surface area contributed by atoms with Gasteiger partial charge in [-0.1, -0.05) is 102 Å². The summed E-state index contributed by atoms with van der Waals surface area (Å²) in [5.41, 5.74) is 5.89. The summed E-state index contributed by atoms with van der Waals surface area (Å²) in [5.74, 6) is 0.736. The van der Waals surface area contributed by atoms with E-state index in [9.17, 15) is 9.90 Å². The van der Waals surface area contributed by atoms with Crippen LogP contribution in [0.15, 0.2) is 89.8 Å². The second-order valence-electron chi connectivity index (χ2n) is 9.81. The van der Waals surface area contributed by atoms with E-state index in [0.29, 0.717) is 13.0 Å². The number of rotatable bonds is 11. The lowest BCUT2D eigenvalue weighted by atomic mass is 9.99. The minimum Gasteiger partial charge on any atom is -0.445 e. The van der Waals surface area contributed by atoms with Crippen LogP contribution in [0.25, 0.3) is 11.1 Å². The predicted octanol–water partition coefficient (Wildman–Crippen LogP) is 6.76. The largest absolute Gasteiger partial charge is 0.445 e. The highest BCUT2D eigenvalue weighted by molar-refractivity contribution is 8.01. The van der Waals surface area contributed by atoms with E-state index in [1.165, 1.54) is 6.08 Å². The van der Waals surface area contributed by atoms with E-state index in [-0.39, 0.29) is 25.4 Å². The van der Waals surface area contributed by atoms with Crippen LogP contribution in [0, 0.1) is 6.92 Å². The van der Waals surface area contributed by atoms with Gasteiger partial charge in [0.05, 0.1) is 18.8 Å². The molecule has 0 spiro atoms. The Labute approximate surface area is 253 Å². The van der Waals surface area contributed by atoms with Crippen LogP contribution in [0.2, 0.25) is 0 Å². The average molecular weight is 604 g/mol. The van der Waals surface area contributed by atoms with Gasteiger partial charge in [-0.25, -0.2) is 4.79 Å². The molecule has 8 nitrogen and oxygen atoms in total. The molecule has 3 atom stereocenters. The second kappa shape index (κ2) is 14.6. The van der Waals surface area contributed by atoms with Crippen molar-refractivity contribution in [2.24, 2.45) is 0 Å². The van der Waals surface area contributed by atoms with Crippen molar-refractivity contribution in [1.82, 2.24) is 15.5 Å². The molecule has 0 aliphatic carbocycles. The predicted molar refractivity (Wildman–Crippen MR) is 164 cm³/mol. The SMILES string of the molecule is C=CCOC(=O)NCc1cccc(-c2ccc(C3OC(CSc4nnc(C)s4)CC(c4ccc(CO)cc4)O3)cc2)c1. The van der Waals surface area contributed by atoms with Crippen molar-refractivity contribution in [2.75, 3.05) is 12.4 Å². The Kier molecular flexibility index (Phi) is 10.4. The Balaban J connectivity index is 1.29. The lowest BCUT2D eigenvalue weighted by Gasteiger charge is -2.36. The van der Waals surface area contributed by atoms with Gasteiger partial charge in [0, 0.05) is 24.3 Å². The van der Waals surface area contributed by atoms with Crippen molar-refractivity contribution in [3.8, 4) is 11.1 Å². The molecule has 10 heteroatoms. The molecule has 1 aliphatic heterocycles. The van der Waals surface area contributed by atoms with Gasteiger partial charge in [0.2, 0.25) is 0 Å². The number of hydrogen-bond donors (Lipinski definition) is 2. The fourth-order valence-electron chi connectivity index (χ4n) is 4.58. The number of benzene rings is 3. The van der Waals surface area contributed by atoms with Gasteiger partial charge in [-0.3, -0.25) is 0 Å². The maximum absolute atomic E-state index is 11.8. The number of carbonyl (C=O) groups is 1. The summed E-state index contributed by atoms with van der Waals surface area (Å²) in [6.07, 6.45) is 1.02. The van der Waals surface area contributed by atoms with Crippen LogP contribution in [0.3, 0.4) is 0 Å². The molecule has 4 aromatic rings. The van der Waals surface area contributed by atoms with Crippen molar-refractivity contribution >= 4 is 29.2 Å². The number of aryl methyl sites for hydroxylation is 1. The number of ether oxygens (including phenoxy) is 3. The molecule has 1 amide bonds. The molecular weight excluding hydrogens is 571 g/mol. The van der Waals surface area contributed by atoms with Crippen molar-refractivity contribution in [3.63, 3.8) is 0 Å². The van der Waals surface area contributed by atoms with Crippen LogP contribution in [0.4, 0.5) is 4.79 Å². The second-order valence-corrected chi connectivity index (χ2v) is 12.3. The number of nitrogens with one attached hydrogen (secondary N) is 1. The van der Waals surface area contributed by atoms with Crippen molar-refractivity contribution in [2.45, 2.75) is 49.3 Å². The fraction of sp³-hybridized carbons (Fsp3) is 0.281. The monoisotopic (exact) mass is 603 g/mol. The zero-order valence-corrected chi connectivity index (χ0v) is 24.9. The maximum Gasteiger partial charge on any atom is 0.407 e. The van der Waals surface area contributed by atoms with Gasteiger partial charge in [-0.15, -0.1) is 10.2 Å². The molecule has 1 aromatic heterocycles. The van der Waals surface area contributed by atoms with Gasteiger partial charge in [0.25, 0.3) is 0 Å². The molecule has 5 rings (SSSR count). The minimum atomic E-state index is -0.533. The van der Waals surface area contributed by atoms with Gasteiger partial charge in [-0.2, -0.15) is 0 Å². The third-order valence-corrected chi connectivity index (χ3v) is 8.83. The summed E-state index contributed by atoms with van der Waals surface area (Å²) < 4.78 is 18.9. The number of alkyl carbamates (subject to hydrolysis) is 1. The van der Waals surface area contributed by atoms with E-state index < -0.39 is 12.4 Å². The van der Waals surface area contributed by atoms with Crippen molar-refractivity contribution in [1.29, 1.82) is 0 Å². The lowest BCUT2D eigenvalue weighted by molar-refractivity contribution is -0.245. The van der Waals surface area contributed by atoms with Gasteiger partial charge >= 0.3 is 6.09 Å². The van der Waals surface area contributed by atoms with E-state index in [1.54, 1.807) is 23.1 Å². The first kappa shape index (κ1) is 29.9. The lowest BCUT2D eigenvalue weighted by Crippen LogP contribution is -2.31. The number of thioether (sulfide) groups is 1. The Morgan fingerprint density at radius 3 is 2.57 bits per heavy atom. The molecule has 0 bridgehead atoms. The third-order valence-electron chi connectivity index (χ3n) is 6.73. The van der Waals surface area contributed by atoms with E-state index in [2.05, 4.69) is 34.2 Å². The van der Waals surface area contributed by atoms with Crippen LogP contribution in [-0.4, -0.2) is 39.9 Å². The topological polar surface area (TPSA) is 103 Å². The summed E-state index contributed by atoms with van der Waals surface area (Å²) in [4.78, 5) is 11.8. The fourth-order valence-corrected chi connectivity index (χ4v) is 6.44. The number of aliphatic hydroxyl groups is 1. The highest BCUT2D eigenvalue weighted by Gasteiger charge is 2.32. The first-order valence-corrected chi connectivity index (χ1v) is 15.4. The third kappa shape index (κ3) is 8.05. The van der Waals surface area contributed by atoms with Gasteiger partial charge in [0.15, 0.2) is 10.6 Å². The summed E-state index contributed by atoms with van der Waals surface area (Å²) in [6.45, 7) is 6.04. The summed E-state index contributed by atoms with van der Waals surface area (Å²) in [5, 5.41) is 21.5. The van der Waals surface area contributed by atoms with Crippen LogP contribution in [-0.2, 0) is 27.4 Å². The molecule has 1 fully saturated rings. The summed E-state index contributed by atoms with van der Waals surface area (Å²) in [6, 6.07) is 24.1. The van der Waals surface area contributed by atoms with Crippen LogP contribution in [0.1, 0.15) is 46.1 Å². The quantitative estimate of drug-likeness (QED) is 0.143. The molecule has 3 aromatic carbocycles. The summed E-state index contributed by atoms with van der Waals surface area (Å²) in [7, 11) is 0. The first-order chi connectivity index (χ1) is 20.5. The Bertz CT molecular complexity index is 1480. The molecule has 218 valence electrons. The Morgan fingerprint density at radius 2 is 1.86 bits per heavy atom. The van der Waals surface area contributed by atoms with E-state index >= 15 is 0 Å². The Hall–Kier alpha value is -3.54. The van der Waals surface area contributed by atoms with Crippen molar-refractivity contribution in [3.05, 3.63) is 113 Å². The number of amides is 1. The number of hydrogen-bond acceptors (Lipinski definition) is 9. The van der Waals surface area contributed by atoms with Crippen LogP contribution < -0.4 is 5.32 Å². The Morgan fingerprint density at radius 1 is 1.07 bits per heavy atom. The molecule has 3 unspecified atom stereocenters. The first-order valence-electron chi connectivity index (χ1n) is 13.6. The molecule has 1 saturated heterocycles. The highest BCUT2D eigenvalue weighted by atomic mass is 32.2. The van der Waals surface area contributed by atoms with E-state index in [0.717, 1.165) is 48.5 Å². The van der Waals surface area contributed by atoms with Gasteiger partial charge in [-0.05, 0) is 40.8 Å². The zero-order chi connectivity index (χ0) is 29.3. The molecule has 0 saturated carbocycles. The standard InChI is InChI=1S/C32H33N3O5S2/c1-3-15-38-31(37)33-18-23-5-4-6-27(16-23)24-11-13-26(14-12-24)30-39-28(20-41-32-35-34-21(2)42-32)17-29(40-30)25-9-7-22(19-36)8-10-25/h3-14,16,28-30,36H,1,15,17-20H2,2H3,(H,33,37). The number of nitrogens with zero attached hydrogens (tertiary/aromatic N) is 2. The van der Waals surface area contributed by atoms with Gasteiger partial charge in [0.1, 0.15) is 11.6 Å². The normalized spacial score (nSPS) is 18.4. The maximum atomic E-state index is 11.8. The zero-order valence-electron chi connectivity index (χ0n) is 23.3. The number of aromatic nitrogens is 2. The number of aliphatic hydroxyl groups excluding tert-OH is 1. The van der Waals surface area contributed by atoms with Crippen LogP contribution in [0.5, 0.6) is 0 Å². The smallest absolute Gasteiger partial charge is 0.407 e. The molecular formula is C32H33N3O5S2. The molecule has 0 radical (unpaired) electrons. The van der Waals surface area contributed by atoms with Gasteiger partial charge < -0.3 is 24.6 Å². The molecule has 1 aliphatic rings. The molecule has 2 N–H and O–H groups in total. The van der Waals surface area contributed by atoms with E-state index in [4.69, 9.17) is 14.2 Å².